The summed E-state index contributed by atoms with van der Waals surface area (Å²) in [5.74, 6) is 1.27. The quantitative estimate of drug-likeness (QED) is 0.458. The highest BCUT2D eigenvalue weighted by molar-refractivity contribution is 5.80. The predicted molar refractivity (Wildman–Crippen MR) is 100 cm³/mol. The molecule has 0 radical (unpaired) electrons. The van der Waals surface area contributed by atoms with Gasteiger partial charge in [0.15, 0.2) is 17.5 Å². The number of phenolic OH excluding ortho intramolecular Hbond substituents is 1. The van der Waals surface area contributed by atoms with Crippen molar-refractivity contribution < 1.29 is 19.4 Å². The molecule has 0 unspecified atom stereocenters. The number of ether oxygens (including phenoxy) is 2. The highest BCUT2D eigenvalue weighted by Crippen LogP contribution is 2.26. The summed E-state index contributed by atoms with van der Waals surface area (Å²) in [5, 5.41) is 13.2. The molecule has 0 aromatic heterocycles. The van der Waals surface area contributed by atoms with E-state index in [9.17, 15) is 9.90 Å². The molecule has 1 heterocycles. The first-order valence-electron chi connectivity index (χ1n) is 9.14. The Labute approximate surface area is 155 Å². The Morgan fingerprint density at radius 2 is 2.08 bits per heavy atom. The Kier molecular flexibility index (Phi) is 7.56. The van der Waals surface area contributed by atoms with Crippen molar-refractivity contribution in [2.75, 3.05) is 33.4 Å². The number of likely N-dealkylation sites (tertiary alicyclic amines) is 1. The summed E-state index contributed by atoms with van der Waals surface area (Å²) >= 11 is 0. The molecule has 2 rings (SSSR count). The lowest BCUT2D eigenvalue weighted by Gasteiger charge is -2.33. The molecule has 0 atom stereocenters. The Bertz CT molecular complexity index is 625. The molecule has 1 aliphatic rings. The van der Waals surface area contributed by atoms with Gasteiger partial charge in [0.1, 0.15) is 0 Å². The lowest BCUT2D eigenvalue weighted by atomic mass is 9.97. The Morgan fingerprint density at radius 3 is 2.65 bits per heavy atom. The van der Waals surface area contributed by atoms with E-state index in [0.717, 1.165) is 44.0 Å². The SMILES string of the molecule is CCNC(=NCc1ccc(OC)c(O)c1)N1CCC(C(=O)OCC)CC1. The van der Waals surface area contributed by atoms with Gasteiger partial charge in [-0.25, -0.2) is 4.99 Å². The molecule has 0 saturated carbocycles. The fraction of sp³-hybridized carbons (Fsp3) is 0.579. The van der Waals surface area contributed by atoms with Crippen LogP contribution < -0.4 is 10.1 Å². The first-order chi connectivity index (χ1) is 12.6. The highest BCUT2D eigenvalue weighted by Gasteiger charge is 2.27. The van der Waals surface area contributed by atoms with Gasteiger partial charge in [0, 0.05) is 19.6 Å². The lowest BCUT2D eigenvalue weighted by Crippen LogP contribution is -2.46. The lowest BCUT2D eigenvalue weighted by molar-refractivity contribution is -0.149. The van der Waals surface area contributed by atoms with E-state index < -0.39 is 0 Å². The third-order valence-electron chi connectivity index (χ3n) is 4.40. The fourth-order valence-electron chi connectivity index (χ4n) is 3.01. The van der Waals surface area contributed by atoms with Crippen LogP contribution in [0.1, 0.15) is 32.3 Å². The van der Waals surface area contributed by atoms with Gasteiger partial charge in [-0.05, 0) is 44.4 Å². The summed E-state index contributed by atoms with van der Waals surface area (Å²) in [7, 11) is 1.52. The van der Waals surface area contributed by atoms with Crippen molar-refractivity contribution in [2.24, 2.45) is 10.9 Å². The first kappa shape index (κ1) is 19.9. The molecule has 1 fully saturated rings. The maximum atomic E-state index is 11.9. The van der Waals surface area contributed by atoms with Gasteiger partial charge in [-0.3, -0.25) is 4.79 Å². The third kappa shape index (κ3) is 5.28. The van der Waals surface area contributed by atoms with Crippen LogP contribution in [0, 0.1) is 5.92 Å². The van der Waals surface area contributed by atoms with Crippen LogP contribution in [0.25, 0.3) is 0 Å². The molecule has 1 aromatic carbocycles. The zero-order chi connectivity index (χ0) is 18.9. The molecule has 0 bridgehead atoms. The highest BCUT2D eigenvalue weighted by atomic mass is 16.5. The van der Waals surface area contributed by atoms with Crippen LogP contribution in [-0.4, -0.2) is 55.3 Å². The van der Waals surface area contributed by atoms with Crippen LogP contribution in [0.5, 0.6) is 11.5 Å². The van der Waals surface area contributed by atoms with Crippen molar-refractivity contribution in [3.05, 3.63) is 23.8 Å². The minimum Gasteiger partial charge on any atom is -0.504 e. The number of methoxy groups -OCH3 is 1. The molecule has 1 aromatic rings. The number of rotatable bonds is 6. The summed E-state index contributed by atoms with van der Waals surface area (Å²) in [4.78, 5) is 18.7. The number of piperidine rings is 1. The number of esters is 1. The first-order valence-corrected chi connectivity index (χ1v) is 9.14. The van der Waals surface area contributed by atoms with E-state index in [-0.39, 0.29) is 17.6 Å². The van der Waals surface area contributed by atoms with E-state index in [1.54, 1.807) is 12.1 Å². The summed E-state index contributed by atoms with van der Waals surface area (Å²) < 4.78 is 10.2. The molecule has 26 heavy (non-hydrogen) atoms. The number of phenols is 1. The van der Waals surface area contributed by atoms with E-state index in [2.05, 4.69) is 15.2 Å². The Morgan fingerprint density at radius 1 is 1.35 bits per heavy atom. The van der Waals surface area contributed by atoms with Gasteiger partial charge >= 0.3 is 5.97 Å². The van der Waals surface area contributed by atoms with E-state index in [0.29, 0.717) is 18.9 Å². The second-order valence-electron chi connectivity index (χ2n) is 6.19. The summed E-state index contributed by atoms with van der Waals surface area (Å²) in [6, 6.07) is 5.29. The molecule has 2 N–H and O–H groups in total. The number of carbonyl (C=O) groups excluding carboxylic acids is 1. The van der Waals surface area contributed by atoms with Crippen molar-refractivity contribution in [1.29, 1.82) is 0 Å². The van der Waals surface area contributed by atoms with Crippen LogP contribution >= 0.6 is 0 Å². The smallest absolute Gasteiger partial charge is 0.309 e. The number of hydrogen-bond acceptors (Lipinski definition) is 5. The molecule has 1 aliphatic heterocycles. The normalized spacial score (nSPS) is 15.7. The number of carbonyl (C=O) groups is 1. The molecule has 0 aliphatic carbocycles. The van der Waals surface area contributed by atoms with Crippen LogP contribution in [0.2, 0.25) is 0 Å². The topological polar surface area (TPSA) is 83.4 Å². The number of aromatic hydroxyl groups is 1. The Balaban J connectivity index is 1.99. The van der Waals surface area contributed by atoms with Crippen LogP contribution in [0.15, 0.2) is 23.2 Å². The van der Waals surface area contributed by atoms with Crippen LogP contribution in [0.4, 0.5) is 0 Å². The van der Waals surface area contributed by atoms with Crippen molar-refractivity contribution in [2.45, 2.75) is 33.2 Å². The van der Waals surface area contributed by atoms with Crippen molar-refractivity contribution in [3.8, 4) is 11.5 Å². The van der Waals surface area contributed by atoms with Crippen molar-refractivity contribution in [1.82, 2.24) is 10.2 Å². The fourth-order valence-corrected chi connectivity index (χ4v) is 3.01. The van der Waals surface area contributed by atoms with Gasteiger partial charge in [0.05, 0.1) is 26.2 Å². The average Bonchev–Trinajstić information content (AvgIpc) is 2.65. The summed E-state index contributed by atoms with van der Waals surface area (Å²) in [6.45, 7) is 7.05. The monoisotopic (exact) mass is 363 g/mol. The molecule has 7 heteroatoms. The van der Waals surface area contributed by atoms with E-state index >= 15 is 0 Å². The zero-order valence-corrected chi connectivity index (χ0v) is 15.8. The van der Waals surface area contributed by atoms with Gasteiger partial charge < -0.3 is 24.8 Å². The van der Waals surface area contributed by atoms with Crippen molar-refractivity contribution in [3.63, 3.8) is 0 Å². The van der Waals surface area contributed by atoms with Gasteiger partial charge in [-0.2, -0.15) is 0 Å². The molecular formula is C19H29N3O4. The second kappa shape index (κ2) is 9.89. The minimum atomic E-state index is -0.0946. The summed E-state index contributed by atoms with van der Waals surface area (Å²) in [5.41, 5.74) is 0.903. The number of hydrogen-bond donors (Lipinski definition) is 2. The minimum absolute atomic E-state index is 0.0207. The molecule has 1 saturated heterocycles. The summed E-state index contributed by atoms with van der Waals surface area (Å²) in [6.07, 6.45) is 1.54. The van der Waals surface area contributed by atoms with E-state index in [4.69, 9.17) is 9.47 Å². The molecule has 0 amide bonds. The number of guanidine groups is 1. The van der Waals surface area contributed by atoms with Crippen molar-refractivity contribution >= 4 is 11.9 Å². The number of nitrogens with zero attached hydrogens (tertiary/aromatic N) is 2. The van der Waals surface area contributed by atoms with E-state index in [1.165, 1.54) is 7.11 Å². The van der Waals surface area contributed by atoms with Crippen LogP contribution in [0.3, 0.4) is 0 Å². The van der Waals surface area contributed by atoms with Gasteiger partial charge in [-0.1, -0.05) is 6.07 Å². The number of aliphatic imine (C=N–C) groups is 1. The number of nitrogens with one attached hydrogen (secondary N) is 1. The molecule has 0 spiro atoms. The standard InChI is InChI=1S/C19H29N3O4/c1-4-20-19(21-13-14-6-7-17(25-3)16(23)12-14)22-10-8-15(9-11-22)18(24)26-5-2/h6-7,12,15,23H,4-5,8-11,13H2,1-3H3,(H,20,21). The predicted octanol–water partition coefficient (Wildman–Crippen LogP) is 2.14. The molecule has 144 valence electrons. The largest absolute Gasteiger partial charge is 0.504 e. The maximum absolute atomic E-state index is 11.9. The molecular weight excluding hydrogens is 334 g/mol. The average molecular weight is 363 g/mol. The van der Waals surface area contributed by atoms with Gasteiger partial charge in [-0.15, -0.1) is 0 Å². The Hall–Kier alpha value is -2.44. The van der Waals surface area contributed by atoms with E-state index in [1.807, 2.05) is 19.9 Å². The third-order valence-corrected chi connectivity index (χ3v) is 4.40. The zero-order valence-electron chi connectivity index (χ0n) is 15.8. The number of benzene rings is 1. The second-order valence-corrected chi connectivity index (χ2v) is 6.19. The maximum Gasteiger partial charge on any atom is 0.309 e. The van der Waals surface area contributed by atoms with Crippen LogP contribution in [-0.2, 0) is 16.1 Å². The van der Waals surface area contributed by atoms with Gasteiger partial charge in [0.25, 0.3) is 0 Å². The molecule has 7 nitrogen and oxygen atoms in total. The van der Waals surface area contributed by atoms with Gasteiger partial charge in [0.2, 0.25) is 0 Å².